The van der Waals surface area contributed by atoms with Gasteiger partial charge in [-0.05, 0) is 25.0 Å². The number of phenols is 1. The number of aromatic hydroxyl groups is 1. The van der Waals surface area contributed by atoms with Crippen LogP contribution in [0, 0.1) is 0 Å². The number of ether oxygens (including phenoxy) is 1. The van der Waals surface area contributed by atoms with Gasteiger partial charge in [-0.2, -0.15) is 0 Å². The van der Waals surface area contributed by atoms with Crippen molar-refractivity contribution in [3.63, 3.8) is 0 Å². The highest BCUT2D eigenvalue weighted by Crippen LogP contribution is 2.29. The third-order valence-electron chi connectivity index (χ3n) is 2.82. The van der Waals surface area contributed by atoms with Crippen LogP contribution in [0.25, 0.3) is 0 Å². The monoisotopic (exact) mass is 264 g/mol. The molecular weight excluding hydrogens is 248 g/mol. The van der Waals surface area contributed by atoms with Crippen LogP contribution in [-0.2, 0) is 4.79 Å². The van der Waals surface area contributed by atoms with E-state index in [9.17, 15) is 14.7 Å². The molecule has 1 aromatic rings. The first-order valence-electron chi connectivity index (χ1n) is 6.05. The lowest BCUT2D eigenvalue weighted by Gasteiger charge is -2.09. The van der Waals surface area contributed by atoms with Crippen molar-refractivity contribution < 1.29 is 19.4 Å². The minimum Gasteiger partial charge on any atom is -0.504 e. The van der Waals surface area contributed by atoms with Gasteiger partial charge in [0.05, 0.1) is 19.2 Å². The first-order chi connectivity index (χ1) is 9.11. The van der Waals surface area contributed by atoms with Crippen LogP contribution < -0.4 is 15.4 Å². The minimum absolute atomic E-state index is 0.0820. The molecule has 0 aliphatic heterocycles. The van der Waals surface area contributed by atoms with Gasteiger partial charge in [-0.15, -0.1) is 0 Å². The summed E-state index contributed by atoms with van der Waals surface area (Å²) in [6.45, 7) is -0.105. The summed E-state index contributed by atoms with van der Waals surface area (Å²) in [5, 5.41) is 15.0. The van der Waals surface area contributed by atoms with Crippen molar-refractivity contribution in [2.45, 2.75) is 18.9 Å². The van der Waals surface area contributed by atoms with Crippen LogP contribution >= 0.6 is 0 Å². The maximum absolute atomic E-state index is 11.8. The van der Waals surface area contributed by atoms with E-state index in [2.05, 4.69) is 10.6 Å². The number of methoxy groups -OCH3 is 1. The van der Waals surface area contributed by atoms with E-state index in [0.717, 1.165) is 12.8 Å². The Morgan fingerprint density at radius 2 is 2.16 bits per heavy atom. The second-order valence-corrected chi connectivity index (χ2v) is 4.38. The first kappa shape index (κ1) is 13.2. The molecule has 6 nitrogen and oxygen atoms in total. The Hall–Kier alpha value is -2.24. The van der Waals surface area contributed by atoms with Crippen LogP contribution in [0.4, 0.5) is 0 Å². The fraction of sp³-hybridized carbons (Fsp3) is 0.385. The maximum atomic E-state index is 11.8. The molecule has 1 saturated carbocycles. The Balaban J connectivity index is 1.93. The van der Waals surface area contributed by atoms with E-state index in [1.165, 1.54) is 13.2 Å². The molecule has 2 rings (SSSR count). The number of rotatable bonds is 5. The topological polar surface area (TPSA) is 87.7 Å². The highest BCUT2D eigenvalue weighted by atomic mass is 16.5. The lowest BCUT2D eigenvalue weighted by atomic mass is 10.1. The van der Waals surface area contributed by atoms with Gasteiger partial charge in [-0.25, -0.2) is 0 Å². The lowest BCUT2D eigenvalue weighted by molar-refractivity contribution is -0.120. The number of phenolic OH excluding ortho intramolecular Hbond substituents is 1. The predicted molar refractivity (Wildman–Crippen MR) is 68.2 cm³/mol. The summed E-state index contributed by atoms with van der Waals surface area (Å²) in [5.74, 6) is -0.749. The molecule has 0 radical (unpaired) electrons. The summed E-state index contributed by atoms with van der Waals surface area (Å²) < 4.78 is 4.91. The van der Waals surface area contributed by atoms with Crippen LogP contribution in [0.2, 0.25) is 0 Å². The van der Waals surface area contributed by atoms with E-state index < -0.39 is 5.91 Å². The van der Waals surface area contributed by atoms with Crippen LogP contribution in [0.3, 0.4) is 0 Å². The Kier molecular flexibility index (Phi) is 3.89. The van der Waals surface area contributed by atoms with Gasteiger partial charge in [-0.3, -0.25) is 9.59 Å². The summed E-state index contributed by atoms with van der Waals surface area (Å²) in [6, 6.07) is 4.87. The maximum Gasteiger partial charge on any atom is 0.255 e. The number of para-hydroxylation sites is 1. The molecule has 2 amide bonds. The second kappa shape index (κ2) is 5.60. The number of benzene rings is 1. The van der Waals surface area contributed by atoms with Gasteiger partial charge in [0.15, 0.2) is 11.5 Å². The van der Waals surface area contributed by atoms with Gasteiger partial charge in [0.2, 0.25) is 5.91 Å². The molecular formula is C13H16N2O4. The Morgan fingerprint density at radius 3 is 2.79 bits per heavy atom. The van der Waals surface area contributed by atoms with Crippen LogP contribution in [-0.4, -0.2) is 36.6 Å². The lowest BCUT2D eigenvalue weighted by Crippen LogP contribution is -2.37. The largest absolute Gasteiger partial charge is 0.504 e. The van der Waals surface area contributed by atoms with Gasteiger partial charge < -0.3 is 20.5 Å². The molecule has 0 spiro atoms. The third-order valence-corrected chi connectivity index (χ3v) is 2.82. The fourth-order valence-electron chi connectivity index (χ4n) is 1.63. The zero-order valence-electron chi connectivity index (χ0n) is 10.6. The number of nitrogens with one attached hydrogen (secondary N) is 2. The van der Waals surface area contributed by atoms with Crippen molar-refractivity contribution in [2.75, 3.05) is 13.7 Å². The van der Waals surface area contributed by atoms with E-state index in [0.29, 0.717) is 0 Å². The fourth-order valence-corrected chi connectivity index (χ4v) is 1.63. The van der Waals surface area contributed by atoms with Crippen LogP contribution in [0.5, 0.6) is 11.5 Å². The average Bonchev–Trinajstić information content (AvgIpc) is 3.20. The molecule has 19 heavy (non-hydrogen) atoms. The molecule has 1 aliphatic carbocycles. The standard InChI is InChI=1S/C13H16N2O4/c1-19-10-4-2-3-9(12(10)17)13(18)14-7-11(16)15-8-5-6-8/h2-4,8,17H,5-7H2,1H3,(H,14,18)(H,15,16). The molecule has 102 valence electrons. The number of hydrogen-bond donors (Lipinski definition) is 3. The van der Waals surface area contributed by atoms with Crippen molar-refractivity contribution in [1.29, 1.82) is 0 Å². The van der Waals surface area contributed by atoms with Gasteiger partial charge in [-0.1, -0.05) is 6.07 Å². The molecule has 1 fully saturated rings. The summed E-state index contributed by atoms with van der Waals surface area (Å²) in [4.78, 5) is 23.3. The average molecular weight is 264 g/mol. The Bertz CT molecular complexity index is 497. The predicted octanol–water partition coefficient (Wildman–Crippen LogP) is 0.409. The zero-order valence-corrected chi connectivity index (χ0v) is 10.6. The SMILES string of the molecule is COc1cccc(C(=O)NCC(=O)NC2CC2)c1O. The molecule has 6 heteroatoms. The molecule has 3 N–H and O–H groups in total. The molecule has 0 bridgehead atoms. The van der Waals surface area contributed by atoms with Crippen LogP contribution in [0.15, 0.2) is 18.2 Å². The normalized spacial score (nSPS) is 13.7. The smallest absolute Gasteiger partial charge is 0.255 e. The van der Waals surface area contributed by atoms with E-state index in [-0.39, 0.29) is 35.6 Å². The second-order valence-electron chi connectivity index (χ2n) is 4.38. The number of carbonyl (C=O) groups excluding carboxylic acids is 2. The zero-order chi connectivity index (χ0) is 13.8. The van der Waals surface area contributed by atoms with E-state index >= 15 is 0 Å². The Morgan fingerprint density at radius 1 is 1.42 bits per heavy atom. The minimum atomic E-state index is -0.512. The van der Waals surface area contributed by atoms with Gasteiger partial charge in [0, 0.05) is 6.04 Å². The quantitative estimate of drug-likeness (QED) is 0.718. The number of amides is 2. The van der Waals surface area contributed by atoms with Gasteiger partial charge in [0.25, 0.3) is 5.91 Å². The molecule has 0 heterocycles. The van der Waals surface area contributed by atoms with Gasteiger partial charge in [0.1, 0.15) is 0 Å². The van der Waals surface area contributed by atoms with Crippen molar-refractivity contribution >= 4 is 11.8 Å². The third kappa shape index (κ3) is 3.37. The summed E-state index contributed by atoms with van der Waals surface area (Å²) in [5.41, 5.74) is 0.0820. The number of carbonyl (C=O) groups is 2. The molecule has 0 saturated heterocycles. The summed E-state index contributed by atoms with van der Waals surface area (Å²) in [7, 11) is 1.40. The van der Waals surface area contributed by atoms with E-state index in [4.69, 9.17) is 4.74 Å². The summed E-state index contributed by atoms with van der Waals surface area (Å²) >= 11 is 0. The van der Waals surface area contributed by atoms with E-state index in [1.807, 2.05) is 0 Å². The van der Waals surface area contributed by atoms with Gasteiger partial charge >= 0.3 is 0 Å². The highest BCUT2D eigenvalue weighted by molar-refractivity contribution is 5.99. The Labute approximate surface area is 110 Å². The molecule has 0 atom stereocenters. The molecule has 0 aromatic heterocycles. The first-order valence-corrected chi connectivity index (χ1v) is 6.05. The molecule has 0 unspecified atom stereocenters. The molecule has 1 aliphatic rings. The number of hydrogen-bond acceptors (Lipinski definition) is 4. The molecule has 1 aromatic carbocycles. The van der Waals surface area contributed by atoms with Crippen molar-refractivity contribution in [3.05, 3.63) is 23.8 Å². The van der Waals surface area contributed by atoms with Crippen LogP contribution in [0.1, 0.15) is 23.2 Å². The van der Waals surface area contributed by atoms with Crippen molar-refractivity contribution in [3.8, 4) is 11.5 Å². The van der Waals surface area contributed by atoms with Crippen molar-refractivity contribution in [2.24, 2.45) is 0 Å². The highest BCUT2D eigenvalue weighted by Gasteiger charge is 2.23. The van der Waals surface area contributed by atoms with Crippen molar-refractivity contribution in [1.82, 2.24) is 10.6 Å². The van der Waals surface area contributed by atoms with E-state index in [1.54, 1.807) is 12.1 Å². The summed E-state index contributed by atoms with van der Waals surface area (Å²) in [6.07, 6.45) is 1.99.